The Kier molecular flexibility index (Phi) is 5.34. The summed E-state index contributed by atoms with van der Waals surface area (Å²) in [5.74, 6) is 0.160. The van der Waals surface area contributed by atoms with Crippen LogP contribution in [0.1, 0.15) is 37.2 Å². The Morgan fingerprint density at radius 1 is 1.17 bits per heavy atom. The second-order valence-corrected chi connectivity index (χ2v) is 8.66. The van der Waals surface area contributed by atoms with Crippen molar-refractivity contribution in [2.75, 3.05) is 11.9 Å². The number of Topliss-reactive ketones (excluding diaryl/α,β-unsaturated/α-hetero) is 1. The summed E-state index contributed by atoms with van der Waals surface area (Å²) in [5.41, 5.74) is 1.43. The second kappa shape index (κ2) is 7.95. The number of hydrogen-bond donors (Lipinski definition) is 1. The number of amides is 1. The molecule has 2 heterocycles. The number of carbonyl (C=O) groups is 2. The highest BCUT2D eigenvalue weighted by molar-refractivity contribution is 8.00. The smallest absolute Gasteiger partial charge is 0.262 e. The van der Waals surface area contributed by atoms with Crippen LogP contribution >= 0.6 is 11.8 Å². The molecule has 1 aromatic heterocycles. The second-order valence-electron chi connectivity index (χ2n) is 7.35. The van der Waals surface area contributed by atoms with Crippen molar-refractivity contribution in [2.45, 2.75) is 37.2 Å². The molecule has 0 unspecified atom stereocenters. The zero-order valence-corrected chi connectivity index (χ0v) is 17.7. The molecule has 0 bridgehead atoms. The fraction of sp³-hybridized carbons (Fsp3) is 0.273. The van der Waals surface area contributed by atoms with Crippen molar-refractivity contribution in [1.29, 1.82) is 0 Å². The molecule has 30 heavy (non-hydrogen) atoms. The van der Waals surface area contributed by atoms with Gasteiger partial charge in [-0.25, -0.2) is 4.98 Å². The van der Waals surface area contributed by atoms with E-state index in [1.807, 2.05) is 26.0 Å². The number of carbonyl (C=O) groups excluding carboxylic acids is 2. The maximum Gasteiger partial charge on any atom is 0.262 e. The molecule has 1 atom stereocenters. The number of nitrogens with one attached hydrogen (secondary N) is 1. The van der Waals surface area contributed by atoms with E-state index in [-0.39, 0.29) is 29.9 Å². The number of ketones is 1. The highest BCUT2D eigenvalue weighted by Crippen LogP contribution is 2.31. The Morgan fingerprint density at radius 2 is 1.93 bits per heavy atom. The van der Waals surface area contributed by atoms with Crippen LogP contribution in [0.4, 0.5) is 5.69 Å². The third-order valence-electron chi connectivity index (χ3n) is 4.84. The van der Waals surface area contributed by atoms with Crippen LogP contribution in [0, 0.1) is 0 Å². The lowest BCUT2D eigenvalue weighted by molar-refractivity contribution is -0.118. The topological polar surface area (TPSA) is 90.3 Å². The normalized spacial score (nSPS) is 14.2. The fourth-order valence-corrected chi connectivity index (χ4v) is 4.46. The van der Waals surface area contributed by atoms with Crippen molar-refractivity contribution >= 4 is 40.0 Å². The van der Waals surface area contributed by atoms with Gasteiger partial charge in [-0.1, -0.05) is 23.9 Å². The molecule has 1 amide bonds. The number of nitrogens with zero attached hydrogens (tertiary/aromatic N) is 2. The number of aromatic nitrogens is 2. The first kappa shape index (κ1) is 20.2. The lowest BCUT2D eigenvalue weighted by Crippen LogP contribution is -2.27. The summed E-state index contributed by atoms with van der Waals surface area (Å²) >= 11 is 1.25. The number of hydrogen-bond acceptors (Lipinski definition) is 6. The maximum absolute atomic E-state index is 13.1. The minimum Gasteiger partial charge on any atom is -0.482 e. The highest BCUT2D eigenvalue weighted by Gasteiger charge is 2.24. The van der Waals surface area contributed by atoms with Crippen LogP contribution in [-0.4, -0.2) is 33.1 Å². The van der Waals surface area contributed by atoms with Gasteiger partial charge in [0.1, 0.15) is 5.75 Å². The van der Waals surface area contributed by atoms with Crippen LogP contribution in [-0.2, 0) is 4.79 Å². The number of para-hydroxylation sites is 1. The van der Waals surface area contributed by atoms with E-state index in [2.05, 4.69) is 10.3 Å². The van der Waals surface area contributed by atoms with Gasteiger partial charge in [-0.3, -0.25) is 19.0 Å². The van der Waals surface area contributed by atoms with Crippen molar-refractivity contribution in [3.63, 3.8) is 0 Å². The number of ether oxygens (including phenoxy) is 1. The third kappa shape index (κ3) is 3.70. The zero-order chi connectivity index (χ0) is 21.4. The van der Waals surface area contributed by atoms with Gasteiger partial charge in [0, 0.05) is 11.6 Å². The molecule has 7 nitrogen and oxygen atoms in total. The van der Waals surface area contributed by atoms with Crippen molar-refractivity contribution < 1.29 is 14.3 Å². The van der Waals surface area contributed by atoms with Crippen molar-refractivity contribution in [2.24, 2.45) is 0 Å². The Bertz CT molecular complexity index is 1220. The minimum absolute atomic E-state index is 0.0348. The zero-order valence-electron chi connectivity index (χ0n) is 16.8. The van der Waals surface area contributed by atoms with E-state index in [1.165, 1.54) is 11.8 Å². The van der Waals surface area contributed by atoms with Gasteiger partial charge in [0.05, 0.1) is 21.8 Å². The predicted molar refractivity (Wildman–Crippen MR) is 117 cm³/mol. The molecule has 0 saturated heterocycles. The number of fused-ring (bicyclic) bond motifs is 2. The molecule has 0 aliphatic carbocycles. The van der Waals surface area contributed by atoms with E-state index < -0.39 is 5.25 Å². The van der Waals surface area contributed by atoms with E-state index in [1.54, 1.807) is 41.8 Å². The Hall–Kier alpha value is -3.13. The molecule has 4 rings (SSSR count). The molecule has 2 aromatic carbocycles. The van der Waals surface area contributed by atoms with Crippen LogP contribution in [0.15, 0.2) is 52.4 Å². The van der Waals surface area contributed by atoms with Crippen LogP contribution in [0.3, 0.4) is 0 Å². The van der Waals surface area contributed by atoms with Crippen LogP contribution in [0.2, 0.25) is 0 Å². The molecule has 0 fully saturated rings. The first-order valence-electron chi connectivity index (χ1n) is 9.64. The summed E-state index contributed by atoms with van der Waals surface area (Å²) in [6, 6.07) is 12.1. The molecule has 1 N–H and O–H groups in total. The molecule has 154 valence electrons. The van der Waals surface area contributed by atoms with E-state index in [4.69, 9.17) is 4.74 Å². The maximum atomic E-state index is 13.1. The Balaban J connectivity index is 1.66. The summed E-state index contributed by atoms with van der Waals surface area (Å²) in [6.45, 7) is 5.58. The van der Waals surface area contributed by atoms with E-state index in [0.29, 0.717) is 33.1 Å². The standard InChI is InChI=1S/C22H21N3O4S/c1-12(2)25-21(28)15-6-4-5-7-16(15)24-22(25)30-13(3)20(27)14-8-9-18-17(10-14)23-19(26)11-29-18/h4-10,12-13H,11H2,1-3H3,(H,23,26)/t13-/m1/s1. The molecule has 8 heteroatoms. The number of anilines is 1. The molecular formula is C22H21N3O4S. The molecule has 1 aliphatic heterocycles. The molecule has 0 saturated carbocycles. The lowest BCUT2D eigenvalue weighted by Gasteiger charge is -2.20. The summed E-state index contributed by atoms with van der Waals surface area (Å²) in [7, 11) is 0. The third-order valence-corrected chi connectivity index (χ3v) is 5.91. The average Bonchev–Trinajstić information content (AvgIpc) is 2.72. The van der Waals surface area contributed by atoms with E-state index in [0.717, 1.165) is 0 Å². The van der Waals surface area contributed by atoms with Crippen LogP contribution in [0.25, 0.3) is 10.9 Å². The predicted octanol–water partition coefficient (Wildman–Crippen LogP) is 3.67. The molecular weight excluding hydrogens is 402 g/mol. The molecule has 1 aliphatic rings. The van der Waals surface area contributed by atoms with Gasteiger partial charge in [-0.05, 0) is 51.1 Å². The van der Waals surface area contributed by atoms with Crippen molar-refractivity contribution in [1.82, 2.24) is 9.55 Å². The summed E-state index contributed by atoms with van der Waals surface area (Å²) in [5, 5.41) is 3.29. The van der Waals surface area contributed by atoms with Crippen LogP contribution < -0.4 is 15.6 Å². The van der Waals surface area contributed by atoms with Gasteiger partial charge in [-0.15, -0.1) is 0 Å². The fourth-order valence-electron chi connectivity index (χ4n) is 3.35. The van der Waals surface area contributed by atoms with Gasteiger partial charge in [-0.2, -0.15) is 0 Å². The van der Waals surface area contributed by atoms with Crippen molar-refractivity contribution in [3.05, 3.63) is 58.4 Å². The molecule has 0 radical (unpaired) electrons. The monoisotopic (exact) mass is 423 g/mol. The lowest BCUT2D eigenvalue weighted by atomic mass is 10.1. The van der Waals surface area contributed by atoms with E-state index >= 15 is 0 Å². The summed E-state index contributed by atoms with van der Waals surface area (Å²) < 4.78 is 6.97. The van der Waals surface area contributed by atoms with Crippen LogP contribution in [0.5, 0.6) is 5.75 Å². The van der Waals surface area contributed by atoms with Gasteiger partial charge >= 0.3 is 0 Å². The highest BCUT2D eigenvalue weighted by atomic mass is 32.2. The first-order valence-corrected chi connectivity index (χ1v) is 10.5. The Labute approximate surface area is 177 Å². The number of benzene rings is 2. The average molecular weight is 423 g/mol. The van der Waals surface area contributed by atoms with Gasteiger partial charge in [0.15, 0.2) is 17.5 Å². The molecule has 0 spiro atoms. The number of thioether (sulfide) groups is 1. The Morgan fingerprint density at radius 3 is 2.70 bits per heavy atom. The van der Waals surface area contributed by atoms with Gasteiger partial charge < -0.3 is 10.1 Å². The summed E-state index contributed by atoms with van der Waals surface area (Å²) in [6.07, 6.45) is 0. The van der Waals surface area contributed by atoms with Gasteiger partial charge in [0.2, 0.25) is 0 Å². The summed E-state index contributed by atoms with van der Waals surface area (Å²) in [4.78, 5) is 42.2. The SMILES string of the molecule is CC(C)n1c(S[C@H](C)C(=O)c2ccc3c(c2)NC(=O)CO3)nc2ccccc2c1=O. The molecule has 3 aromatic rings. The quantitative estimate of drug-likeness (QED) is 0.383. The van der Waals surface area contributed by atoms with E-state index in [9.17, 15) is 14.4 Å². The first-order chi connectivity index (χ1) is 14.3. The number of rotatable bonds is 5. The van der Waals surface area contributed by atoms with Gasteiger partial charge in [0.25, 0.3) is 11.5 Å². The largest absolute Gasteiger partial charge is 0.482 e. The van der Waals surface area contributed by atoms with Crippen molar-refractivity contribution in [3.8, 4) is 5.75 Å². The minimum atomic E-state index is -0.485.